The van der Waals surface area contributed by atoms with Gasteiger partial charge < -0.3 is 20.2 Å². The van der Waals surface area contributed by atoms with Crippen LogP contribution in [0.25, 0.3) is 11.1 Å². The number of hydrogen-bond acceptors (Lipinski definition) is 5. The molecule has 1 aliphatic rings. The molecule has 1 amide bonds. The van der Waals surface area contributed by atoms with E-state index < -0.39 is 11.0 Å². The van der Waals surface area contributed by atoms with Crippen molar-refractivity contribution in [1.29, 1.82) is 0 Å². The third kappa shape index (κ3) is 4.00. The van der Waals surface area contributed by atoms with Gasteiger partial charge in [-0.3, -0.25) is 0 Å². The Labute approximate surface area is 172 Å². The van der Waals surface area contributed by atoms with Gasteiger partial charge in [0.2, 0.25) is 0 Å². The zero-order valence-corrected chi connectivity index (χ0v) is 15.9. The summed E-state index contributed by atoms with van der Waals surface area (Å²) in [7, 11) is 0. The first-order chi connectivity index (χ1) is 14.6. The van der Waals surface area contributed by atoms with Crippen LogP contribution in [0.1, 0.15) is 29.3 Å². The molecule has 2 N–H and O–H groups in total. The molecule has 0 aliphatic heterocycles. The lowest BCUT2D eigenvalue weighted by Gasteiger charge is -2.14. The smallest absolute Gasteiger partial charge is 0.407 e. The predicted octanol–water partition coefficient (Wildman–Crippen LogP) is 3.60. The topological polar surface area (TPSA) is 110 Å². The highest BCUT2D eigenvalue weighted by Gasteiger charge is 2.28. The zero-order chi connectivity index (χ0) is 20.9. The minimum absolute atomic E-state index is 0.0117. The number of aromatic nitrogens is 2. The minimum Gasteiger partial charge on any atom is -0.449 e. The van der Waals surface area contributed by atoms with E-state index in [1.165, 1.54) is 11.1 Å². The maximum absolute atomic E-state index is 12.1. The number of hydrogen-bond donors (Lipinski definition) is 2. The molecular formula is C22H18N4O4. The molecule has 8 heteroatoms. The molecule has 1 heterocycles. The van der Waals surface area contributed by atoms with Crippen molar-refractivity contribution in [2.24, 2.45) is 0 Å². The lowest BCUT2D eigenvalue weighted by molar-refractivity contribution is -0.389. The molecule has 0 atom stereocenters. The van der Waals surface area contributed by atoms with Crippen molar-refractivity contribution in [3.8, 4) is 23.0 Å². The first kappa shape index (κ1) is 19.2. The summed E-state index contributed by atoms with van der Waals surface area (Å²) in [5.41, 5.74) is 4.67. The van der Waals surface area contributed by atoms with Gasteiger partial charge in [0.25, 0.3) is 5.82 Å². The Hall–Kier alpha value is -4.12. The summed E-state index contributed by atoms with van der Waals surface area (Å²) in [4.78, 5) is 28.4. The second-order valence-corrected chi connectivity index (χ2v) is 6.68. The Balaban J connectivity index is 1.28. The molecular weight excluding hydrogens is 384 g/mol. The Bertz CT molecular complexity index is 1110. The fraction of sp³-hybridized carbons (Fsp3) is 0.182. The van der Waals surface area contributed by atoms with E-state index in [4.69, 9.17) is 4.74 Å². The van der Waals surface area contributed by atoms with E-state index in [1.807, 2.05) is 24.3 Å². The van der Waals surface area contributed by atoms with Crippen LogP contribution in [0.5, 0.6) is 0 Å². The largest absolute Gasteiger partial charge is 0.449 e. The maximum atomic E-state index is 12.1. The van der Waals surface area contributed by atoms with Crippen molar-refractivity contribution in [3.63, 3.8) is 0 Å². The SMILES string of the molecule is O=C(NCCC#Cc1ncc([N+](=O)[O-])[nH]1)OCC1c2ccccc2-c2ccccc21. The number of benzene rings is 2. The number of nitrogens with zero attached hydrogens (tertiary/aromatic N) is 2. The van der Waals surface area contributed by atoms with Crippen molar-refractivity contribution in [2.75, 3.05) is 13.2 Å². The van der Waals surface area contributed by atoms with Gasteiger partial charge in [-0.25, -0.2) is 14.8 Å². The van der Waals surface area contributed by atoms with E-state index in [1.54, 1.807) is 0 Å². The molecule has 1 aliphatic carbocycles. The maximum Gasteiger partial charge on any atom is 0.407 e. The number of aromatic amines is 1. The van der Waals surface area contributed by atoms with Gasteiger partial charge in [-0.1, -0.05) is 54.5 Å². The zero-order valence-electron chi connectivity index (χ0n) is 15.9. The van der Waals surface area contributed by atoms with E-state index in [2.05, 4.69) is 51.4 Å². The second-order valence-electron chi connectivity index (χ2n) is 6.68. The number of alkyl carbamates (subject to hydrolysis) is 1. The van der Waals surface area contributed by atoms with Crippen LogP contribution in [0.4, 0.5) is 10.6 Å². The van der Waals surface area contributed by atoms with Crippen LogP contribution >= 0.6 is 0 Å². The fourth-order valence-corrected chi connectivity index (χ4v) is 3.49. The van der Waals surface area contributed by atoms with Gasteiger partial charge in [0.05, 0.1) is 0 Å². The molecule has 0 saturated carbocycles. The van der Waals surface area contributed by atoms with E-state index in [-0.39, 0.29) is 24.2 Å². The van der Waals surface area contributed by atoms with Crippen molar-refractivity contribution in [2.45, 2.75) is 12.3 Å². The van der Waals surface area contributed by atoms with Gasteiger partial charge >= 0.3 is 11.9 Å². The van der Waals surface area contributed by atoms with E-state index in [0.717, 1.165) is 17.3 Å². The summed E-state index contributed by atoms with van der Waals surface area (Å²) in [6.07, 6.45) is 0.963. The van der Waals surface area contributed by atoms with E-state index >= 15 is 0 Å². The summed E-state index contributed by atoms with van der Waals surface area (Å²) in [6.45, 7) is 0.550. The molecule has 0 radical (unpaired) electrons. The molecule has 3 aromatic rings. The lowest BCUT2D eigenvalue weighted by Crippen LogP contribution is -2.26. The normalized spacial score (nSPS) is 11.7. The van der Waals surface area contributed by atoms with Gasteiger partial charge in [-0.05, 0) is 33.1 Å². The third-order valence-electron chi connectivity index (χ3n) is 4.83. The third-order valence-corrected chi connectivity index (χ3v) is 4.83. The van der Waals surface area contributed by atoms with Gasteiger partial charge in [0.1, 0.15) is 12.8 Å². The summed E-state index contributed by atoms with van der Waals surface area (Å²) in [5, 5.41) is 13.2. The van der Waals surface area contributed by atoms with Crippen LogP contribution in [-0.4, -0.2) is 34.1 Å². The number of H-pyrrole nitrogens is 1. The standard InChI is InChI=1S/C22H18N4O4/c27-22(23-12-6-5-11-20-24-13-21(25-20)26(28)29)30-14-19-17-9-3-1-7-15(17)16-8-2-4-10-18(16)19/h1-4,7-10,13,19H,6,12,14H2,(H,23,27)(H,24,25). The molecule has 1 aromatic heterocycles. The van der Waals surface area contributed by atoms with Crippen molar-refractivity contribution < 1.29 is 14.5 Å². The van der Waals surface area contributed by atoms with E-state index in [9.17, 15) is 14.9 Å². The highest BCUT2D eigenvalue weighted by atomic mass is 16.6. The van der Waals surface area contributed by atoms with Crippen molar-refractivity contribution in [3.05, 3.63) is 81.8 Å². The number of carbonyl (C=O) groups excluding carboxylic acids is 1. The predicted molar refractivity (Wildman–Crippen MR) is 110 cm³/mol. The molecule has 2 aromatic carbocycles. The van der Waals surface area contributed by atoms with E-state index in [0.29, 0.717) is 13.0 Å². The molecule has 0 unspecified atom stereocenters. The number of amides is 1. The number of ether oxygens (including phenoxy) is 1. The monoisotopic (exact) mass is 402 g/mol. The Morgan fingerprint density at radius 3 is 2.47 bits per heavy atom. The van der Waals surface area contributed by atoms with Crippen LogP contribution in [0, 0.1) is 22.0 Å². The summed E-state index contributed by atoms with van der Waals surface area (Å²) in [6, 6.07) is 16.3. The van der Waals surface area contributed by atoms with Gasteiger partial charge in [0, 0.05) is 18.9 Å². The average Bonchev–Trinajstić information content (AvgIpc) is 3.35. The average molecular weight is 402 g/mol. The lowest BCUT2D eigenvalue weighted by atomic mass is 9.98. The number of rotatable bonds is 5. The number of nitrogens with one attached hydrogen (secondary N) is 2. The van der Waals surface area contributed by atoms with Crippen LogP contribution < -0.4 is 5.32 Å². The quantitative estimate of drug-likeness (QED) is 0.293. The Kier molecular flexibility index (Phi) is 5.44. The van der Waals surface area contributed by atoms with Gasteiger partial charge in [-0.2, -0.15) is 0 Å². The number of nitro groups is 1. The van der Waals surface area contributed by atoms with Crippen LogP contribution in [-0.2, 0) is 4.74 Å². The van der Waals surface area contributed by atoms with Crippen LogP contribution in [0.2, 0.25) is 0 Å². The number of fused-ring (bicyclic) bond motifs is 3. The summed E-state index contributed by atoms with van der Waals surface area (Å²) < 4.78 is 5.44. The first-order valence-corrected chi connectivity index (χ1v) is 9.40. The number of imidazole rings is 1. The molecule has 0 bridgehead atoms. The van der Waals surface area contributed by atoms with Crippen LogP contribution in [0.3, 0.4) is 0 Å². The fourth-order valence-electron chi connectivity index (χ4n) is 3.49. The molecule has 0 saturated heterocycles. The van der Waals surface area contributed by atoms with Gasteiger partial charge in [-0.15, -0.1) is 0 Å². The Morgan fingerprint density at radius 2 is 1.83 bits per heavy atom. The van der Waals surface area contributed by atoms with Gasteiger partial charge in [0.15, 0.2) is 0 Å². The summed E-state index contributed by atoms with van der Waals surface area (Å²) >= 11 is 0. The molecule has 0 spiro atoms. The van der Waals surface area contributed by atoms with Crippen molar-refractivity contribution in [1.82, 2.24) is 15.3 Å². The van der Waals surface area contributed by atoms with Crippen molar-refractivity contribution >= 4 is 11.9 Å². The summed E-state index contributed by atoms with van der Waals surface area (Å²) in [5.74, 6) is 5.49. The highest BCUT2D eigenvalue weighted by molar-refractivity contribution is 5.79. The first-order valence-electron chi connectivity index (χ1n) is 9.40. The molecule has 8 nitrogen and oxygen atoms in total. The molecule has 30 heavy (non-hydrogen) atoms. The molecule has 0 fully saturated rings. The number of carbonyl (C=O) groups is 1. The van der Waals surface area contributed by atoms with Crippen LogP contribution in [0.15, 0.2) is 54.7 Å². The second kappa shape index (κ2) is 8.49. The molecule has 150 valence electrons. The molecule has 4 rings (SSSR count). The Morgan fingerprint density at radius 1 is 1.17 bits per heavy atom. The minimum atomic E-state index is -0.573. The highest BCUT2D eigenvalue weighted by Crippen LogP contribution is 2.44.